The number of carbonyl (C=O) groups excluding carboxylic acids is 1. The van der Waals surface area contributed by atoms with Crippen LogP contribution in [-0.2, 0) is 13.9 Å². The summed E-state index contributed by atoms with van der Waals surface area (Å²) in [5.41, 5.74) is -0.859. The Bertz CT molecular complexity index is 1360. The maximum atomic E-state index is 14.2. The van der Waals surface area contributed by atoms with Crippen LogP contribution >= 0.6 is 14.8 Å². The van der Waals surface area contributed by atoms with Gasteiger partial charge in [-0.3, -0.25) is 0 Å². The van der Waals surface area contributed by atoms with Crippen molar-refractivity contribution in [3.63, 3.8) is 0 Å². The Labute approximate surface area is 280 Å². The summed E-state index contributed by atoms with van der Waals surface area (Å²) in [7, 11) is -5.48. The summed E-state index contributed by atoms with van der Waals surface area (Å²) in [6.07, 6.45) is 1.74. The molecule has 0 aliphatic carbocycles. The van der Waals surface area contributed by atoms with E-state index in [0.29, 0.717) is 32.8 Å². The molecule has 1 unspecified atom stereocenters. The first kappa shape index (κ1) is 36.5. The Morgan fingerprint density at radius 1 is 0.739 bits per heavy atom. The zero-order valence-electron chi connectivity index (χ0n) is 29.8. The molecule has 1 amide bonds. The van der Waals surface area contributed by atoms with Crippen LogP contribution in [0.25, 0.3) is 0 Å². The van der Waals surface area contributed by atoms with Gasteiger partial charge in [-0.25, -0.2) is 0 Å². The molecule has 1 aliphatic rings. The van der Waals surface area contributed by atoms with Gasteiger partial charge in [0.2, 0.25) is 0 Å². The van der Waals surface area contributed by atoms with Crippen LogP contribution in [0.15, 0.2) is 91.0 Å². The molecular weight excluding hydrogens is 606 g/mol. The van der Waals surface area contributed by atoms with Gasteiger partial charge in [0.15, 0.2) is 0 Å². The number of amides is 1. The van der Waals surface area contributed by atoms with Gasteiger partial charge in [0.05, 0.1) is 0 Å². The molecule has 0 saturated carbocycles. The Hall–Kier alpha value is -2.29. The molecule has 4 rings (SSSR count). The van der Waals surface area contributed by atoms with Crippen molar-refractivity contribution in [1.82, 2.24) is 9.57 Å². The van der Waals surface area contributed by atoms with Gasteiger partial charge in [-0.05, 0) is 5.41 Å². The number of carbonyl (C=O) groups is 1. The summed E-state index contributed by atoms with van der Waals surface area (Å²) >= 11 is 0. The standard InChI is InChI=1S/C39H58N2O3P2/c1-32(2)46(43,44-30-37(3,4)5)41-27-25-40(26-28-41)36(42)39(8,9)29-38(6,7)31-45(33-19-13-10-14-20-33,34-21-15-11-16-22-34)35-23-17-12-18-24-35/h10-24,32,45H,25-31H2,1-9H3. The molecule has 0 aromatic heterocycles. The number of hydrogen-bond acceptors (Lipinski definition) is 3. The quantitative estimate of drug-likeness (QED) is 0.185. The fourth-order valence-corrected chi connectivity index (χ4v) is 15.4. The molecule has 46 heavy (non-hydrogen) atoms. The van der Waals surface area contributed by atoms with Gasteiger partial charge < -0.3 is 0 Å². The average molecular weight is 665 g/mol. The van der Waals surface area contributed by atoms with E-state index < -0.39 is 20.2 Å². The van der Waals surface area contributed by atoms with Crippen LogP contribution in [-0.4, -0.2) is 60.1 Å². The fraction of sp³-hybridized carbons (Fsp3) is 0.513. The molecular formula is C39H58N2O3P2. The van der Waals surface area contributed by atoms with Crippen LogP contribution in [0.1, 0.15) is 68.7 Å². The molecule has 0 N–H and O–H groups in total. The number of nitrogens with zero attached hydrogens (tertiary/aromatic N) is 2. The van der Waals surface area contributed by atoms with E-state index in [1.54, 1.807) is 0 Å². The van der Waals surface area contributed by atoms with Crippen molar-refractivity contribution in [2.24, 2.45) is 16.2 Å². The van der Waals surface area contributed by atoms with Crippen molar-refractivity contribution < 1.29 is 13.9 Å². The Kier molecular flexibility index (Phi) is 11.5. The van der Waals surface area contributed by atoms with E-state index in [9.17, 15) is 9.36 Å². The molecule has 7 heteroatoms. The van der Waals surface area contributed by atoms with E-state index >= 15 is 0 Å². The van der Waals surface area contributed by atoms with Gasteiger partial charge in [-0.15, -0.1) is 0 Å². The number of rotatable bonds is 12. The molecule has 0 spiro atoms. The van der Waals surface area contributed by atoms with Crippen LogP contribution in [0.3, 0.4) is 0 Å². The Morgan fingerprint density at radius 2 is 1.15 bits per heavy atom. The molecule has 1 aliphatic heterocycles. The predicted molar refractivity (Wildman–Crippen MR) is 200 cm³/mol. The van der Waals surface area contributed by atoms with Crippen molar-refractivity contribution in [3.05, 3.63) is 91.0 Å². The van der Waals surface area contributed by atoms with Gasteiger partial charge in [-0.1, -0.05) is 20.8 Å². The van der Waals surface area contributed by atoms with Crippen molar-refractivity contribution >= 4 is 36.6 Å². The van der Waals surface area contributed by atoms with Crippen LogP contribution in [0, 0.1) is 16.2 Å². The second-order valence-electron chi connectivity index (χ2n) is 16.1. The zero-order valence-corrected chi connectivity index (χ0v) is 31.6. The van der Waals surface area contributed by atoms with Crippen molar-refractivity contribution in [2.75, 3.05) is 38.9 Å². The van der Waals surface area contributed by atoms with Crippen LogP contribution in [0.2, 0.25) is 0 Å². The van der Waals surface area contributed by atoms with E-state index in [0.717, 1.165) is 12.6 Å². The molecule has 5 nitrogen and oxygen atoms in total. The molecule has 1 heterocycles. The number of piperazine rings is 1. The first-order chi connectivity index (χ1) is 21.5. The van der Waals surface area contributed by atoms with E-state index in [2.05, 4.69) is 139 Å². The molecule has 1 atom stereocenters. The molecule has 252 valence electrons. The molecule has 3 aromatic rings. The summed E-state index contributed by atoms with van der Waals surface area (Å²) < 4.78 is 22.2. The minimum atomic E-state index is -3.01. The van der Waals surface area contributed by atoms with Crippen LogP contribution < -0.4 is 15.9 Å². The molecule has 1 fully saturated rings. The predicted octanol–water partition coefficient (Wildman–Crippen LogP) is 7.96. The second-order valence-corrected chi connectivity index (χ2v) is 23.0. The second kappa shape index (κ2) is 14.4. The fourth-order valence-electron chi connectivity index (χ4n) is 7.48. The van der Waals surface area contributed by atoms with Crippen molar-refractivity contribution in [2.45, 2.75) is 74.4 Å². The average Bonchev–Trinajstić information content (AvgIpc) is 3.02. The first-order valence-corrected chi connectivity index (χ1v) is 20.8. The van der Waals surface area contributed by atoms with Crippen LogP contribution in [0.4, 0.5) is 0 Å². The third kappa shape index (κ3) is 8.40. The van der Waals surface area contributed by atoms with Gasteiger partial charge in [0, 0.05) is 0 Å². The van der Waals surface area contributed by atoms with E-state index in [1.807, 2.05) is 23.4 Å². The minimum absolute atomic E-state index is 0.0683. The molecule has 3 aromatic carbocycles. The zero-order chi connectivity index (χ0) is 33.8. The summed E-state index contributed by atoms with van der Waals surface area (Å²) in [4.78, 5) is 16.2. The molecule has 1 saturated heterocycles. The van der Waals surface area contributed by atoms with E-state index in [-0.39, 0.29) is 22.4 Å². The summed E-state index contributed by atoms with van der Waals surface area (Å²) in [6.45, 7) is 21.9. The summed E-state index contributed by atoms with van der Waals surface area (Å²) in [5, 5.41) is 4.18. The van der Waals surface area contributed by atoms with Gasteiger partial charge >= 0.3 is 254 Å². The summed E-state index contributed by atoms with van der Waals surface area (Å²) in [6, 6.07) is 33.1. The Morgan fingerprint density at radius 3 is 1.52 bits per heavy atom. The van der Waals surface area contributed by atoms with Gasteiger partial charge in [-0.2, -0.15) is 0 Å². The van der Waals surface area contributed by atoms with Gasteiger partial charge in [0.25, 0.3) is 0 Å². The van der Waals surface area contributed by atoms with Crippen molar-refractivity contribution in [1.29, 1.82) is 0 Å². The number of benzene rings is 3. The van der Waals surface area contributed by atoms with E-state index in [4.69, 9.17) is 4.52 Å². The number of hydrogen-bond donors (Lipinski definition) is 0. The maximum absolute atomic E-state index is 14.2. The van der Waals surface area contributed by atoms with Crippen molar-refractivity contribution in [3.8, 4) is 0 Å². The Balaban J connectivity index is 1.57. The molecule has 0 bridgehead atoms. The monoisotopic (exact) mass is 664 g/mol. The first-order valence-electron chi connectivity index (χ1n) is 17.0. The SMILES string of the molecule is CC(C)P(=O)(OCC(C)(C)C)N1CCN(C(=O)C(C)(C)CC(C)(C)C[PH](c2ccccc2)(c2ccccc2)c2ccccc2)CC1. The third-order valence-electron chi connectivity index (χ3n) is 9.32. The molecule has 0 radical (unpaired) electrons. The van der Waals surface area contributed by atoms with Gasteiger partial charge in [0.1, 0.15) is 0 Å². The van der Waals surface area contributed by atoms with Crippen LogP contribution in [0.5, 0.6) is 0 Å². The summed E-state index contributed by atoms with van der Waals surface area (Å²) in [5.74, 6) is 0.182. The van der Waals surface area contributed by atoms with E-state index in [1.165, 1.54) is 15.9 Å². The normalized spacial score (nSPS) is 17.1. The topological polar surface area (TPSA) is 49.9 Å². The third-order valence-corrected chi connectivity index (χ3v) is 17.8.